The van der Waals surface area contributed by atoms with Crippen molar-refractivity contribution in [3.63, 3.8) is 0 Å². The van der Waals surface area contributed by atoms with Crippen LogP contribution in [0.1, 0.15) is 116 Å². The number of hydrogen-bond donors (Lipinski definition) is 2. The average molecular weight is 521 g/mol. The summed E-state index contributed by atoms with van der Waals surface area (Å²) in [6.07, 6.45) is 16.5. The first-order chi connectivity index (χ1) is 18.0. The maximum absolute atomic E-state index is 12.9. The number of rotatable bonds is 7. The molecule has 1 aromatic carbocycles. The van der Waals surface area contributed by atoms with E-state index < -0.39 is 0 Å². The Morgan fingerprint density at radius 1 is 0.974 bits per heavy atom. The summed E-state index contributed by atoms with van der Waals surface area (Å²) in [4.78, 5) is 12.9. The topological polar surface area (TPSA) is 78.3 Å². The summed E-state index contributed by atoms with van der Waals surface area (Å²) in [5.74, 6) is 4.74. The lowest BCUT2D eigenvalue weighted by Crippen LogP contribution is -2.51. The van der Waals surface area contributed by atoms with E-state index in [0.29, 0.717) is 22.4 Å². The highest BCUT2D eigenvalue weighted by atomic mass is 16.5. The Kier molecular flexibility index (Phi) is 7.66. The smallest absolute Gasteiger partial charge is 0.338 e. The maximum Gasteiger partial charge on any atom is 0.338 e. The molecule has 0 aromatic heterocycles. The van der Waals surface area contributed by atoms with Crippen molar-refractivity contribution >= 4 is 17.3 Å². The molecule has 4 nitrogen and oxygen atoms in total. The monoisotopic (exact) mass is 520 g/mol. The van der Waals surface area contributed by atoms with Gasteiger partial charge in [-0.2, -0.15) is 0 Å². The molecular formula is C34H52N2O2. The minimum Gasteiger partial charge on any atom is -0.458 e. The summed E-state index contributed by atoms with van der Waals surface area (Å²) >= 11 is 0. The molecule has 0 aliphatic heterocycles. The SMILES string of the molecule is CC(C)CCC[C@@H](C)[C@H]1CC[C@H]2[C@@H]3CC=C4CC(OC(=O)c5cc(N)cc(N)c5)CC[C@]4(C)[C@H]3CC[C@]12C. The Balaban J connectivity index is 1.25. The maximum atomic E-state index is 12.9. The predicted octanol–water partition coefficient (Wildman–Crippen LogP) is 8.42. The molecule has 1 unspecified atom stereocenters. The van der Waals surface area contributed by atoms with Crippen LogP contribution in [0.2, 0.25) is 0 Å². The summed E-state index contributed by atoms with van der Waals surface area (Å²) in [7, 11) is 0. The predicted molar refractivity (Wildman–Crippen MR) is 158 cm³/mol. The van der Waals surface area contributed by atoms with Crippen molar-refractivity contribution in [2.24, 2.45) is 46.3 Å². The van der Waals surface area contributed by atoms with E-state index >= 15 is 0 Å². The van der Waals surface area contributed by atoms with Gasteiger partial charge in [0, 0.05) is 17.8 Å². The molecule has 0 radical (unpaired) electrons. The van der Waals surface area contributed by atoms with E-state index in [1.165, 1.54) is 51.4 Å². The summed E-state index contributed by atoms with van der Waals surface area (Å²) in [5, 5.41) is 0. The largest absolute Gasteiger partial charge is 0.458 e. The number of hydrogen-bond acceptors (Lipinski definition) is 4. The molecule has 4 N–H and O–H groups in total. The molecule has 38 heavy (non-hydrogen) atoms. The van der Waals surface area contributed by atoms with Crippen LogP contribution in [0.5, 0.6) is 0 Å². The fourth-order valence-electron chi connectivity index (χ4n) is 9.77. The number of anilines is 2. The van der Waals surface area contributed by atoms with Crippen LogP contribution < -0.4 is 11.5 Å². The van der Waals surface area contributed by atoms with Gasteiger partial charge in [0.1, 0.15) is 6.10 Å². The zero-order chi connectivity index (χ0) is 27.2. The van der Waals surface area contributed by atoms with E-state index in [1.54, 1.807) is 23.8 Å². The number of nitrogens with two attached hydrogens (primary N) is 2. The summed E-state index contributed by atoms with van der Waals surface area (Å²) in [6.45, 7) is 12.5. The fraction of sp³-hybridized carbons (Fsp3) is 0.735. The highest BCUT2D eigenvalue weighted by Gasteiger charge is 2.59. The van der Waals surface area contributed by atoms with Crippen molar-refractivity contribution in [2.45, 2.75) is 111 Å². The second kappa shape index (κ2) is 10.5. The molecular weight excluding hydrogens is 468 g/mol. The van der Waals surface area contributed by atoms with Gasteiger partial charge in [-0.05, 0) is 109 Å². The standard InChI is InChI=1S/C34H52N2O2/c1-21(2)7-6-8-22(3)29-11-12-30-28-10-9-24-19-27(38-32(37)23-17-25(35)20-26(36)18-23)13-15-33(24,4)31(28)14-16-34(29,30)5/h9,17-18,20-22,27-31H,6-8,10-16,19,35-36H2,1-5H3/t22-,27?,28+,29-,30+,31+,33+,34-/m1/s1. The number of fused-ring (bicyclic) bond motifs is 5. The van der Waals surface area contributed by atoms with Crippen LogP contribution in [-0.2, 0) is 4.74 Å². The highest BCUT2D eigenvalue weighted by Crippen LogP contribution is 2.67. The van der Waals surface area contributed by atoms with Crippen LogP contribution in [0.3, 0.4) is 0 Å². The normalized spacial score (nSPS) is 37.1. The summed E-state index contributed by atoms with van der Waals surface area (Å²) in [6, 6.07) is 4.99. The molecule has 210 valence electrons. The van der Waals surface area contributed by atoms with Gasteiger partial charge in [-0.15, -0.1) is 0 Å². The fourth-order valence-corrected chi connectivity index (χ4v) is 9.77. The zero-order valence-electron chi connectivity index (χ0n) is 24.6. The Hall–Kier alpha value is -1.97. The molecule has 0 amide bonds. The van der Waals surface area contributed by atoms with Crippen molar-refractivity contribution in [3.05, 3.63) is 35.4 Å². The van der Waals surface area contributed by atoms with Crippen LogP contribution in [0, 0.1) is 46.3 Å². The van der Waals surface area contributed by atoms with Crippen LogP contribution in [0.4, 0.5) is 11.4 Å². The Morgan fingerprint density at radius 2 is 1.71 bits per heavy atom. The van der Waals surface area contributed by atoms with Gasteiger partial charge in [-0.25, -0.2) is 4.79 Å². The summed E-state index contributed by atoms with van der Waals surface area (Å²) in [5.41, 5.74) is 15.6. The lowest BCUT2D eigenvalue weighted by molar-refractivity contribution is -0.0594. The van der Waals surface area contributed by atoms with E-state index in [0.717, 1.165) is 54.8 Å². The third kappa shape index (κ3) is 5.02. The quantitative estimate of drug-likeness (QED) is 0.215. The number of carbonyl (C=O) groups excluding carboxylic acids is 1. The number of carbonyl (C=O) groups is 1. The first-order valence-corrected chi connectivity index (χ1v) is 15.6. The summed E-state index contributed by atoms with van der Waals surface area (Å²) < 4.78 is 6.00. The van der Waals surface area contributed by atoms with E-state index in [-0.39, 0.29) is 17.5 Å². The van der Waals surface area contributed by atoms with Gasteiger partial charge in [0.15, 0.2) is 0 Å². The van der Waals surface area contributed by atoms with Gasteiger partial charge in [0.2, 0.25) is 0 Å². The first kappa shape index (κ1) is 27.6. The van der Waals surface area contributed by atoms with E-state index in [4.69, 9.17) is 16.2 Å². The Morgan fingerprint density at radius 3 is 2.42 bits per heavy atom. The van der Waals surface area contributed by atoms with Gasteiger partial charge in [-0.3, -0.25) is 0 Å². The third-order valence-corrected chi connectivity index (χ3v) is 11.7. The minimum atomic E-state index is -0.306. The molecule has 0 bridgehead atoms. The molecule has 4 aliphatic carbocycles. The number of benzene rings is 1. The van der Waals surface area contributed by atoms with Crippen molar-refractivity contribution < 1.29 is 9.53 Å². The number of nitrogen functional groups attached to an aromatic ring is 2. The van der Waals surface area contributed by atoms with Crippen LogP contribution >= 0.6 is 0 Å². The van der Waals surface area contributed by atoms with E-state index in [9.17, 15) is 4.79 Å². The van der Waals surface area contributed by atoms with Gasteiger partial charge < -0.3 is 16.2 Å². The van der Waals surface area contributed by atoms with Gasteiger partial charge in [-0.1, -0.05) is 65.5 Å². The zero-order valence-corrected chi connectivity index (χ0v) is 24.6. The van der Waals surface area contributed by atoms with Crippen molar-refractivity contribution in [2.75, 3.05) is 11.5 Å². The van der Waals surface area contributed by atoms with Gasteiger partial charge >= 0.3 is 5.97 Å². The second-order valence-corrected chi connectivity index (χ2v) is 14.4. The molecule has 0 spiro atoms. The molecule has 1 aromatic rings. The van der Waals surface area contributed by atoms with Crippen LogP contribution in [-0.4, -0.2) is 12.1 Å². The molecule has 4 heteroatoms. The molecule has 3 fully saturated rings. The Labute approximate surface area is 231 Å². The first-order valence-electron chi connectivity index (χ1n) is 15.6. The molecule has 0 heterocycles. The van der Waals surface area contributed by atoms with Crippen molar-refractivity contribution in [1.82, 2.24) is 0 Å². The highest BCUT2D eigenvalue weighted by molar-refractivity contribution is 5.91. The lowest BCUT2D eigenvalue weighted by atomic mass is 9.47. The average Bonchev–Trinajstić information content (AvgIpc) is 3.20. The van der Waals surface area contributed by atoms with E-state index in [2.05, 4.69) is 40.7 Å². The van der Waals surface area contributed by atoms with Crippen LogP contribution in [0.15, 0.2) is 29.8 Å². The van der Waals surface area contributed by atoms with E-state index in [1.807, 2.05) is 0 Å². The number of esters is 1. The van der Waals surface area contributed by atoms with Crippen molar-refractivity contribution in [1.29, 1.82) is 0 Å². The van der Waals surface area contributed by atoms with Gasteiger partial charge in [0.25, 0.3) is 0 Å². The molecule has 5 rings (SSSR count). The van der Waals surface area contributed by atoms with Gasteiger partial charge in [0.05, 0.1) is 5.56 Å². The Bertz CT molecular complexity index is 1040. The molecule has 0 saturated heterocycles. The second-order valence-electron chi connectivity index (χ2n) is 14.4. The molecule has 8 atom stereocenters. The third-order valence-electron chi connectivity index (χ3n) is 11.7. The molecule has 3 saturated carbocycles. The lowest BCUT2D eigenvalue weighted by Gasteiger charge is -2.58. The minimum absolute atomic E-state index is 0.0579. The number of allylic oxidation sites excluding steroid dienone is 1. The molecule has 4 aliphatic rings. The number of ether oxygens (including phenoxy) is 1. The van der Waals surface area contributed by atoms with Crippen LogP contribution in [0.25, 0.3) is 0 Å². The van der Waals surface area contributed by atoms with Crippen molar-refractivity contribution in [3.8, 4) is 0 Å².